The number of amides is 5. The van der Waals surface area contributed by atoms with Crippen LogP contribution in [0.25, 0.3) is 33.7 Å². The van der Waals surface area contributed by atoms with E-state index in [2.05, 4.69) is 61.9 Å². The maximum Gasteiger partial charge on any atom is 0.327 e. The van der Waals surface area contributed by atoms with Gasteiger partial charge < -0.3 is 47.4 Å². The monoisotopic (exact) mass is 1160 g/mol. The molecule has 0 fully saturated rings. The second-order valence-electron chi connectivity index (χ2n) is 18.5. The SMILES string of the molecule is CSC[C@H](NC(=O)C(CCCNC(=O)CCSSCCNC(=O)CCC(=O)N1Cc2ccccc2-c2n[nH]nc2-c2ccccc21)CC(=O)CC[C@H](NC(=O)c1ccc(NCc2cnc3nc(N)[nH]c(=O)c3n2)cc1)C(=O)O)C(=O)O. The number of carboxylic acids is 2. The molecule has 0 saturated carbocycles. The van der Waals surface area contributed by atoms with Crippen molar-refractivity contribution in [3.63, 3.8) is 0 Å². The van der Waals surface area contributed by atoms with Crippen LogP contribution in [0.3, 0.4) is 0 Å². The maximum absolute atomic E-state index is 13.7. The van der Waals surface area contributed by atoms with Gasteiger partial charge in [0, 0.05) is 90.7 Å². The van der Waals surface area contributed by atoms with Gasteiger partial charge in [-0.3, -0.25) is 38.5 Å². The number of Topliss-reactive ketones (excluding diaryl/α,β-unsaturated/α-hetero) is 1. The number of H-pyrrole nitrogens is 2. The zero-order valence-corrected chi connectivity index (χ0v) is 46.3. The number of aliphatic carboxylic acids is 2. The first-order valence-electron chi connectivity index (χ1n) is 25.7. The van der Waals surface area contributed by atoms with Crippen molar-refractivity contribution < 1.29 is 48.6 Å². The van der Waals surface area contributed by atoms with E-state index in [1.54, 1.807) is 23.3 Å². The zero-order chi connectivity index (χ0) is 57.8. The highest BCUT2D eigenvalue weighted by Crippen LogP contribution is 2.40. The van der Waals surface area contributed by atoms with Gasteiger partial charge in [0.25, 0.3) is 11.5 Å². The van der Waals surface area contributed by atoms with E-state index in [9.17, 15) is 53.4 Å². The summed E-state index contributed by atoms with van der Waals surface area (Å²) in [5.74, 6) is -5.22. The van der Waals surface area contributed by atoms with Crippen LogP contribution in [0.1, 0.15) is 73.0 Å². The van der Waals surface area contributed by atoms with Crippen molar-refractivity contribution in [2.24, 2.45) is 5.92 Å². The highest BCUT2D eigenvalue weighted by molar-refractivity contribution is 8.76. The Morgan fingerprint density at radius 3 is 2.21 bits per heavy atom. The number of benzene rings is 3. The molecule has 3 aromatic carbocycles. The van der Waals surface area contributed by atoms with Gasteiger partial charge in [-0.25, -0.2) is 19.6 Å². The van der Waals surface area contributed by atoms with Crippen molar-refractivity contribution in [2.75, 3.05) is 52.6 Å². The Hall–Kier alpha value is -8.37. The number of nitrogens with two attached hydrogens (primary N) is 1. The molecule has 4 heterocycles. The summed E-state index contributed by atoms with van der Waals surface area (Å²) >= 11 is 1.21. The molecule has 6 aromatic rings. The molecule has 81 heavy (non-hydrogen) atoms. The molecule has 1 aliphatic heterocycles. The van der Waals surface area contributed by atoms with Crippen LogP contribution < -0.4 is 42.8 Å². The quantitative estimate of drug-likeness (QED) is 0.0225. The highest BCUT2D eigenvalue weighted by atomic mass is 33.1. The molecule has 3 atom stereocenters. The van der Waals surface area contributed by atoms with E-state index in [1.165, 1.54) is 51.7 Å². The molecule has 0 radical (unpaired) electrons. The Kier molecular flexibility index (Phi) is 22.1. The first-order chi connectivity index (χ1) is 39.1. The molecule has 0 bridgehead atoms. The summed E-state index contributed by atoms with van der Waals surface area (Å²) in [5, 5.41) is 44.8. The van der Waals surface area contributed by atoms with E-state index in [4.69, 9.17) is 5.73 Å². The Morgan fingerprint density at radius 1 is 0.765 bits per heavy atom. The van der Waals surface area contributed by atoms with Crippen LogP contribution in [0.15, 0.2) is 83.8 Å². The third-order valence-electron chi connectivity index (χ3n) is 12.7. The number of nitrogens with zero attached hydrogens (tertiary/aromatic N) is 6. The number of nitrogen functional groups attached to an aromatic ring is 1. The normalized spacial score (nSPS) is 12.7. The van der Waals surface area contributed by atoms with E-state index in [1.807, 2.05) is 48.5 Å². The number of ketones is 1. The van der Waals surface area contributed by atoms with Crippen molar-refractivity contribution in [3.05, 3.63) is 106 Å². The number of fused-ring (bicyclic) bond motifs is 6. The number of thioether (sulfide) groups is 1. The molecule has 11 N–H and O–H groups in total. The molecule has 5 amide bonds. The molecule has 3 aromatic heterocycles. The Morgan fingerprint density at radius 2 is 1.46 bits per heavy atom. The summed E-state index contributed by atoms with van der Waals surface area (Å²) < 4.78 is 0. The van der Waals surface area contributed by atoms with Gasteiger partial charge in [0.05, 0.1) is 30.7 Å². The topological polar surface area (TPSA) is 380 Å². The third-order valence-corrected chi connectivity index (χ3v) is 15.8. The van der Waals surface area contributed by atoms with Gasteiger partial charge >= 0.3 is 11.9 Å². The van der Waals surface area contributed by atoms with Crippen molar-refractivity contribution in [1.82, 2.24) is 56.6 Å². The predicted molar refractivity (Wildman–Crippen MR) is 308 cm³/mol. The van der Waals surface area contributed by atoms with Crippen molar-refractivity contribution in [2.45, 2.75) is 76.5 Å². The predicted octanol–water partition coefficient (Wildman–Crippen LogP) is 3.94. The van der Waals surface area contributed by atoms with Gasteiger partial charge in [0.1, 0.15) is 29.3 Å². The minimum atomic E-state index is -1.46. The van der Waals surface area contributed by atoms with E-state index in [0.717, 1.165) is 16.7 Å². The van der Waals surface area contributed by atoms with Crippen molar-refractivity contribution in [3.8, 4) is 22.5 Å². The minimum Gasteiger partial charge on any atom is -0.480 e. The van der Waals surface area contributed by atoms with Crippen LogP contribution in [0, 0.1) is 5.92 Å². The summed E-state index contributed by atoms with van der Waals surface area (Å²) in [6.45, 7) is 0.976. The number of hydrogen-bond donors (Lipinski definition) is 10. The van der Waals surface area contributed by atoms with Crippen LogP contribution in [0.4, 0.5) is 17.3 Å². The van der Waals surface area contributed by atoms with E-state index >= 15 is 0 Å². The summed E-state index contributed by atoms with van der Waals surface area (Å²) in [6, 6.07) is 18.6. The molecular weight excluding hydrogens is 1100 g/mol. The average molecular weight is 1170 g/mol. The highest BCUT2D eigenvalue weighted by Gasteiger charge is 2.30. The second-order valence-corrected chi connectivity index (χ2v) is 22.1. The lowest BCUT2D eigenvalue weighted by Gasteiger charge is -2.28. The molecular formula is C53H60N14O11S3. The van der Waals surface area contributed by atoms with Gasteiger partial charge in [-0.15, -0.1) is 0 Å². The second kappa shape index (κ2) is 29.7. The summed E-state index contributed by atoms with van der Waals surface area (Å²) in [6.07, 6.45) is 2.70. The molecule has 1 aliphatic rings. The number of hydrogen-bond acceptors (Lipinski definition) is 19. The molecule has 0 aliphatic carbocycles. The van der Waals surface area contributed by atoms with E-state index in [-0.39, 0.29) is 111 Å². The van der Waals surface area contributed by atoms with Crippen LogP contribution in [-0.2, 0) is 46.7 Å². The number of anilines is 3. The zero-order valence-electron chi connectivity index (χ0n) is 43.9. The molecule has 1 unspecified atom stereocenters. The standard InChI is InChI=1S/C53H60N14O11S3/c1-79-29-39(52(77)78)61-49(73)31(25-35(68)16-17-38(51(75)76)60-48(72)30-12-14-33(15-13-30)57-26-34-27-58-47-46(59-34)50(74)63-53(54)62-47)8-6-21-55-42(70)20-23-80-81-24-22-56-41(69)18-19-43(71)67-28-32-7-2-3-9-36(32)44-45(65-66-64-44)37-10-4-5-11-40(37)67/h2-5,7,9-15,27,31,38-39,57H,6,8,16-26,28-29H2,1H3,(H,55,70)(H,56,69)(H,60,72)(H,61,73)(H,75,76)(H,77,78)(H,64,65,66)(H3,54,58,62,63,74)/t31?,38-,39-/m0/s1. The molecule has 0 spiro atoms. The fourth-order valence-corrected chi connectivity index (χ4v) is 11.1. The number of rotatable bonds is 30. The van der Waals surface area contributed by atoms with Crippen molar-refractivity contribution in [1.29, 1.82) is 0 Å². The number of nitrogens with one attached hydrogen (secondary N) is 7. The molecule has 28 heteroatoms. The molecule has 0 saturated heterocycles. The molecule has 25 nitrogen and oxygen atoms in total. The fraction of sp³-hybridized carbons (Fsp3) is 0.358. The number of para-hydroxylation sites is 1. The third kappa shape index (κ3) is 17.3. The van der Waals surface area contributed by atoms with E-state index in [0.29, 0.717) is 53.1 Å². The van der Waals surface area contributed by atoms with Crippen LogP contribution >= 0.6 is 33.3 Å². The Balaban J connectivity index is 0.793. The Bertz CT molecular complexity index is 3310. The summed E-state index contributed by atoms with van der Waals surface area (Å²) in [4.78, 5) is 132. The first kappa shape index (κ1) is 60.3. The van der Waals surface area contributed by atoms with Gasteiger partial charge in [-0.1, -0.05) is 64.1 Å². The van der Waals surface area contributed by atoms with Crippen molar-refractivity contribution >= 4 is 109 Å². The molecule has 426 valence electrons. The number of aromatic amines is 2. The smallest absolute Gasteiger partial charge is 0.327 e. The summed E-state index contributed by atoms with van der Waals surface area (Å²) in [7, 11) is 2.93. The number of carboxylic acid groups (broad SMARTS) is 2. The van der Waals surface area contributed by atoms with E-state index < -0.39 is 53.1 Å². The van der Waals surface area contributed by atoms with Crippen LogP contribution in [-0.4, -0.2) is 142 Å². The lowest BCUT2D eigenvalue weighted by molar-refractivity contribution is -0.142. The van der Waals surface area contributed by atoms with Gasteiger partial charge in [0.15, 0.2) is 11.2 Å². The first-order valence-corrected chi connectivity index (χ1v) is 29.6. The molecule has 7 rings (SSSR count). The minimum absolute atomic E-state index is 0.00238. The number of aromatic nitrogens is 7. The maximum atomic E-state index is 13.7. The summed E-state index contributed by atoms with van der Waals surface area (Å²) in [5.41, 5.74) is 10.8. The fourth-order valence-electron chi connectivity index (χ4n) is 8.60. The lowest BCUT2D eigenvalue weighted by Crippen LogP contribution is -2.45. The van der Waals surface area contributed by atoms with Crippen LogP contribution in [0.2, 0.25) is 0 Å². The van der Waals surface area contributed by atoms with Gasteiger partial charge in [-0.05, 0) is 61.4 Å². The average Bonchev–Trinajstić information content (AvgIpc) is 4.22. The Labute approximate surface area is 475 Å². The van der Waals surface area contributed by atoms with Gasteiger partial charge in [0.2, 0.25) is 29.6 Å². The number of carbonyl (C=O) groups excluding carboxylic acids is 6. The lowest BCUT2D eigenvalue weighted by atomic mass is 9.93. The number of carbonyl (C=O) groups is 8. The van der Waals surface area contributed by atoms with Crippen LogP contribution in [0.5, 0.6) is 0 Å². The largest absolute Gasteiger partial charge is 0.480 e. The van der Waals surface area contributed by atoms with Gasteiger partial charge in [-0.2, -0.15) is 32.2 Å².